The Labute approximate surface area is 149 Å². The van der Waals surface area contributed by atoms with Crippen LogP contribution in [0.1, 0.15) is 15.9 Å². The molecule has 0 aliphatic carbocycles. The Balaban J connectivity index is 1.94. The number of carboxylic acids is 1. The van der Waals surface area contributed by atoms with Gasteiger partial charge in [0.15, 0.2) is 0 Å². The molecule has 1 N–H and O–H groups in total. The van der Waals surface area contributed by atoms with Crippen molar-refractivity contribution < 1.29 is 19.4 Å². The number of fused-ring (bicyclic) bond motifs is 1. The van der Waals surface area contributed by atoms with Crippen LogP contribution in [0.25, 0.3) is 10.9 Å². The Bertz CT molecular complexity index is 909. The lowest BCUT2D eigenvalue weighted by Gasteiger charge is -2.10. The standard InChI is InChI=1S/C19H17NO4S/c1-23-13-5-3-12(4-6-13)11-25-17-10-20-16-8-7-14(24-2)9-15(16)18(17)19(21)22/h3-10H,11H2,1-2H3,(H,21,22). The van der Waals surface area contributed by atoms with Gasteiger partial charge in [-0.05, 0) is 35.9 Å². The first-order chi connectivity index (χ1) is 12.1. The molecule has 0 spiro atoms. The van der Waals surface area contributed by atoms with Crippen LogP contribution in [0.4, 0.5) is 0 Å². The summed E-state index contributed by atoms with van der Waals surface area (Å²) in [6.45, 7) is 0. The number of aromatic nitrogens is 1. The summed E-state index contributed by atoms with van der Waals surface area (Å²) >= 11 is 1.45. The summed E-state index contributed by atoms with van der Waals surface area (Å²) in [6, 6.07) is 12.9. The highest BCUT2D eigenvalue weighted by Crippen LogP contribution is 2.32. The van der Waals surface area contributed by atoms with E-state index in [1.165, 1.54) is 11.8 Å². The molecule has 1 heterocycles. The van der Waals surface area contributed by atoms with E-state index in [-0.39, 0.29) is 5.56 Å². The summed E-state index contributed by atoms with van der Waals surface area (Å²) in [5, 5.41) is 10.3. The van der Waals surface area contributed by atoms with Crippen molar-refractivity contribution in [3.8, 4) is 11.5 Å². The van der Waals surface area contributed by atoms with Crippen LogP contribution in [0.3, 0.4) is 0 Å². The lowest BCUT2D eigenvalue weighted by Crippen LogP contribution is -2.02. The van der Waals surface area contributed by atoms with Crippen molar-refractivity contribution in [3.05, 3.63) is 59.8 Å². The predicted octanol–water partition coefficient (Wildman–Crippen LogP) is 4.24. The van der Waals surface area contributed by atoms with Crippen LogP contribution in [0, 0.1) is 0 Å². The van der Waals surface area contributed by atoms with Gasteiger partial charge < -0.3 is 14.6 Å². The fourth-order valence-corrected chi connectivity index (χ4v) is 3.48. The molecule has 128 valence electrons. The van der Waals surface area contributed by atoms with Crippen LogP contribution in [0.15, 0.2) is 53.6 Å². The largest absolute Gasteiger partial charge is 0.497 e. The van der Waals surface area contributed by atoms with Crippen LogP contribution < -0.4 is 9.47 Å². The van der Waals surface area contributed by atoms with Crippen LogP contribution >= 0.6 is 11.8 Å². The fourth-order valence-electron chi connectivity index (χ4n) is 2.49. The molecule has 0 unspecified atom stereocenters. The summed E-state index contributed by atoms with van der Waals surface area (Å²) in [5.74, 6) is 1.06. The molecule has 5 nitrogen and oxygen atoms in total. The lowest BCUT2D eigenvalue weighted by molar-refractivity contribution is 0.0695. The topological polar surface area (TPSA) is 68.7 Å². The zero-order valence-corrected chi connectivity index (χ0v) is 14.7. The molecule has 1 aromatic heterocycles. The van der Waals surface area contributed by atoms with Crippen molar-refractivity contribution in [1.82, 2.24) is 4.98 Å². The fraction of sp³-hybridized carbons (Fsp3) is 0.158. The van der Waals surface area contributed by atoms with Gasteiger partial charge in [-0.3, -0.25) is 4.98 Å². The molecule has 0 saturated carbocycles. The van der Waals surface area contributed by atoms with Gasteiger partial charge in [-0.25, -0.2) is 4.79 Å². The van der Waals surface area contributed by atoms with Gasteiger partial charge in [-0.15, -0.1) is 11.8 Å². The third-order valence-electron chi connectivity index (χ3n) is 3.81. The molecule has 3 aromatic rings. The molecule has 2 aromatic carbocycles. The second kappa shape index (κ2) is 7.44. The number of thioether (sulfide) groups is 1. The van der Waals surface area contributed by atoms with Gasteiger partial charge in [0, 0.05) is 22.2 Å². The monoisotopic (exact) mass is 355 g/mol. The van der Waals surface area contributed by atoms with Crippen molar-refractivity contribution in [2.75, 3.05) is 14.2 Å². The number of methoxy groups -OCH3 is 2. The molecule has 0 bridgehead atoms. The third kappa shape index (κ3) is 3.69. The van der Waals surface area contributed by atoms with Gasteiger partial charge in [-0.2, -0.15) is 0 Å². The number of ether oxygens (including phenoxy) is 2. The molecule has 0 fully saturated rings. The van der Waals surface area contributed by atoms with E-state index in [1.54, 1.807) is 38.6 Å². The second-order valence-electron chi connectivity index (χ2n) is 5.32. The molecule has 0 radical (unpaired) electrons. The quantitative estimate of drug-likeness (QED) is 0.667. The second-order valence-corrected chi connectivity index (χ2v) is 6.34. The van der Waals surface area contributed by atoms with Crippen LogP contribution in [-0.2, 0) is 5.75 Å². The van der Waals surface area contributed by atoms with E-state index >= 15 is 0 Å². The van der Waals surface area contributed by atoms with E-state index in [1.807, 2.05) is 24.3 Å². The molecule has 0 aliphatic rings. The molecule has 0 saturated heterocycles. The number of nitrogens with zero attached hydrogens (tertiary/aromatic N) is 1. The smallest absolute Gasteiger partial charge is 0.337 e. The van der Waals surface area contributed by atoms with Crippen molar-refractivity contribution in [3.63, 3.8) is 0 Å². The summed E-state index contributed by atoms with van der Waals surface area (Å²) in [7, 11) is 3.18. The van der Waals surface area contributed by atoms with E-state index in [0.29, 0.717) is 27.3 Å². The van der Waals surface area contributed by atoms with Crippen LogP contribution in [0.2, 0.25) is 0 Å². The van der Waals surface area contributed by atoms with E-state index in [2.05, 4.69) is 4.98 Å². The predicted molar refractivity (Wildman–Crippen MR) is 97.8 cm³/mol. The number of aromatic carboxylic acids is 1. The Kier molecular flexibility index (Phi) is 5.09. The highest BCUT2D eigenvalue weighted by atomic mass is 32.2. The first kappa shape index (κ1) is 17.1. The maximum atomic E-state index is 11.8. The average Bonchev–Trinajstić information content (AvgIpc) is 2.65. The normalized spacial score (nSPS) is 10.6. The van der Waals surface area contributed by atoms with Gasteiger partial charge in [0.2, 0.25) is 0 Å². The third-order valence-corrected chi connectivity index (χ3v) is 4.91. The van der Waals surface area contributed by atoms with Crippen LogP contribution in [0.5, 0.6) is 11.5 Å². The molecular weight excluding hydrogens is 338 g/mol. The minimum Gasteiger partial charge on any atom is -0.497 e. The zero-order chi connectivity index (χ0) is 17.8. The number of carboxylic acid groups (broad SMARTS) is 1. The highest BCUT2D eigenvalue weighted by Gasteiger charge is 2.16. The Hall–Kier alpha value is -2.73. The van der Waals surface area contributed by atoms with Gasteiger partial charge in [0.1, 0.15) is 11.5 Å². The van der Waals surface area contributed by atoms with E-state index in [9.17, 15) is 9.90 Å². The molecule has 3 rings (SSSR count). The summed E-state index contributed by atoms with van der Waals surface area (Å²) in [4.78, 5) is 16.8. The summed E-state index contributed by atoms with van der Waals surface area (Å²) < 4.78 is 10.4. The van der Waals surface area contributed by atoms with Gasteiger partial charge >= 0.3 is 5.97 Å². The van der Waals surface area contributed by atoms with Gasteiger partial charge in [0.05, 0.1) is 25.3 Å². The molecular formula is C19H17NO4S. The Morgan fingerprint density at radius 2 is 1.76 bits per heavy atom. The maximum absolute atomic E-state index is 11.8. The molecule has 0 aliphatic heterocycles. The molecule has 0 amide bonds. The van der Waals surface area contributed by atoms with E-state index < -0.39 is 5.97 Å². The number of hydrogen-bond acceptors (Lipinski definition) is 5. The first-order valence-corrected chi connectivity index (χ1v) is 8.56. The zero-order valence-electron chi connectivity index (χ0n) is 13.9. The summed E-state index contributed by atoms with van der Waals surface area (Å²) in [6.07, 6.45) is 1.62. The number of hydrogen-bond donors (Lipinski definition) is 1. The Morgan fingerprint density at radius 1 is 1.08 bits per heavy atom. The van der Waals surface area contributed by atoms with Gasteiger partial charge in [0.25, 0.3) is 0 Å². The number of carbonyl (C=O) groups is 1. The molecule has 6 heteroatoms. The minimum atomic E-state index is -0.974. The number of pyridine rings is 1. The SMILES string of the molecule is COc1ccc(CSc2cnc3ccc(OC)cc3c2C(=O)O)cc1. The van der Waals surface area contributed by atoms with Crippen molar-refractivity contribution >= 4 is 28.6 Å². The number of benzene rings is 2. The Morgan fingerprint density at radius 3 is 2.40 bits per heavy atom. The van der Waals surface area contributed by atoms with Crippen molar-refractivity contribution in [2.45, 2.75) is 10.6 Å². The molecule has 25 heavy (non-hydrogen) atoms. The summed E-state index contributed by atoms with van der Waals surface area (Å²) in [5.41, 5.74) is 1.96. The lowest BCUT2D eigenvalue weighted by atomic mass is 10.1. The highest BCUT2D eigenvalue weighted by molar-refractivity contribution is 7.98. The van der Waals surface area contributed by atoms with Gasteiger partial charge in [-0.1, -0.05) is 12.1 Å². The van der Waals surface area contributed by atoms with Crippen molar-refractivity contribution in [2.24, 2.45) is 0 Å². The van der Waals surface area contributed by atoms with Crippen LogP contribution in [-0.4, -0.2) is 30.3 Å². The van der Waals surface area contributed by atoms with Crippen molar-refractivity contribution in [1.29, 1.82) is 0 Å². The maximum Gasteiger partial charge on any atom is 0.337 e. The molecule has 0 atom stereocenters. The van der Waals surface area contributed by atoms with E-state index in [4.69, 9.17) is 9.47 Å². The first-order valence-electron chi connectivity index (χ1n) is 7.58. The minimum absolute atomic E-state index is 0.252. The van der Waals surface area contributed by atoms with E-state index in [0.717, 1.165) is 11.3 Å². The number of rotatable bonds is 6. The average molecular weight is 355 g/mol.